The summed E-state index contributed by atoms with van der Waals surface area (Å²) < 4.78 is 38.3. The Morgan fingerprint density at radius 1 is 0.926 bits per heavy atom. The molecule has 0 aliphatic heterocycles. The Kier molecular flexibility index (Phi) is 6.72. The normalized spacial score (nSPS) is 28.6. The summed E-state index contributed by atoms with van der Waals surface area (Å²) in [5, 5.41) is 0. The van der Waals surface area contributed by atoms with E-state index < -0.39 is 17.6 Å². The van der Waals surface area contributed by atoms with E-state index in [1.54, 1.807) is 6.92 Å². The van der Waals surface area contributed by atoms with Gasteiger partial charge >= 0.3 is 5.97 Å². The Labute approximate surface area is 160 Å². The lowest BCUT2D eigenvalue weighted by atomic mass is 9.69. The quantitative estimate of drug-likeness (QED) is 0.471. The highest BCUT2D eigenvalue weighted by Gasteiger charge is 2.33. The van der Waals surface area contributed by atoms with Gasteiger partial charge in [0.2, 0.25) is 11.6 Å². The summed E-state index contributed by atoms with van der Waals surface area (Å²) in [7, 11) is 0. The van der Waals surface area contributed by atoms with Gasteiger partial charge in [-0.1, -0.05) is 19.8 Å². The van der Waals surface area contributed by atoms with Crippen molar-refractivity contribution in [3.05, 3.63) is 23.8 Å². The molecule has 2 aliphatic carbocycles. The molecule has 0 spiro atoms. The van der Waals surface area contributed by atoms with Crippen LogP contribution in [0.2, 0.25) is 0 Å². The van der Waals surface area contributed by atoms with Crippen LogP contribution in [0.4, 0.5) is 8.78 Å². The molecule has 3 rings (SSSR count). The predicted molar refractivity (Wildman–Crippen MR) is 99.7 cm³/mol. The van der Waals surface area contributed by atoms with Gasteiger partial charge in [-0.25, -0.2) is 0 Å². The van der Waals surface area contributed by atoms with E-state index in [0.29, 0.717) is 5.92 Å². The van der Waals surface area contributed by atoms with E-state index in [1.165, 1.54) is 37.8 Å². The van der Waals surface area contributed by atoms with Crippen molar-refractivity contribution in [1.82, 2.24) is 0 Å². The summed E-state index contributed by atoms with van der Waals surface area (Å²) >= 11 is 0. The summed E-state index contributed by atoms with van der Waals surface area (Å²) in [4.78, 5) is 12.4. The van der Waals surface area contributed by atoms with E-state index in [4.69, 9.17) is 9.47 Å². The molecule has 2 fully saturated rings. The van der Waals surface area contributed by atoms with Crippen molar-refractivity contribution in [3.8, 4) is 11.5 Å². The number of hydrogen-bond donors (Lipinski definition) is 0. The summed E-state index contributed by atoms with van der Waals surface area (Å²) in [5.74, 6) is -1.15. The van der Waals surface area contributed by atoms with Crippen molar-refractivity contribution >= 4 is 5.97 Å². The van der Waals surface area contributed by atoms with Crippen LogP contribution in [0.1, 0.15) is 65.2 Å². The van der Waals surface area contributed by atoms with E-state index in [2.05, 4.69) is 6.92 Å². The first-order chi connectivity index (χ1) is 13.0. The van der Waals surface area contributed by atoms with Crippen LogP contribution in [0, 0.1) is 35.3 Å². The molecule has 1 aromatic rings. The summed E-state index contributed by atoms with van der Waals surface area (Å²) in [5.41, 5.74) is 0. The van der Waals surface area contributed by atoms with Crippen LogP contribution in [0.15, 0.2) is 12.1 Å². The lowest BCUT2D eigenvalue weighted by Crippen LogP contribution is -2.30. The number of carbonyl (C=O) groups excluding carboxylic acids is 1. The Bertz CT molecular complexity index is 645. The first kappa shape index (κ1) is 20.1. The molecule has 0 unspecified atom stereocenters. The maximum atomic E-state index is 14.1. The number of hydrogen-bond acceptors (Lipinski definition) is 3. The second-order valence-corrected chi connectivity index (χ2v) is 8.18. The number of halogens is 2. The number of esters is 1. The highest BCUT2D eigenvalue weighted by Crippen LogP contribution is 2.41. The molecular weight excluding hydrogens is 350 g/mol. The lowest BCUT2D eigenvalue weighted by molar-refractivity contribution is -0.140. The standard InChI is InChI=1S/C22H30F2O3/c1-3-26-18-12-13-19(21(24)20(18)23)27-22(25)17-10-8-16(9-11-17)15-6-4-14(2)5-7-15/h12-17H,3-11H2,1-2H3. The van der Waals surface area contributed by atoms with Crippen LogP contribution in [0.5, 0.6) is 11.5 Å². The smallest absolute Gasteiger partial charge is 0.314 e. The van der Waals surface area contributed by atoms with Gasteiger partial charge in [-0.05, 0) is 75.3 Å². The van der Waals surface area contributed by atoms with Crippen LogP contribution >= 0.6 is 0 Å². The molecule has 0 N–H and O–H groups in total. The monoisotopic (exact) mass is 380 g/mol. The third-order valence-corrected chi connectivity index (χ3v) is 6.35. The lowest BCUT2D eigenvalue weighted by Gasteiger charge is -2.36. The van der Waals surface area contributed by atoms with E-state index in [-0.39, 0.29) is 24.0 Å². The second-order valence-electron chi connectivity index (χ2n) is 8.18. The molecule has 0 amide bonds. The average Bonchev–Trinajstić information content (AvgIpc) is 2.68. The van der Waals surface area contributed by atoms with E-state index in [0.717, 1.165) is 37.5 Å². The minimum Gasteiger partial charge on any atom is -0.491 e. The van der Waals surface area contributed by atoms with Crippen molar-refractivity contribution in [2.24, 2.45) is 23.7 Å². The number of benzene rings is 1. The van der Waals surface area contributed by atoms with Crippen LogP contribution < -0.4 is 9.47 Å². The van der Waals surface area contributed by atoms with Crippen molar-refractivity contribution < 1.29 is 23.0 Å². The number of ether oxygens (including phenoxy) is 2. The van der Waals surface area contributed by atoms with E-state index >= 15 is 0 Å². The van der Waals surface area contributed by atoms with Gasteiger partial charge in [0.15, 0.2) is 11.5 Å². The molecule has 0 radical (unpaired) electrons. The Balaban J connectivity index is 1.53. The molecule has 0 bridgehead atoms. The second kappa shape index (κ2) is 9.03. The summed E-state index contributed by atoms with van der Waals surface area (Å²) in [6, 6.07) is 2.56. The largest absolute Gasteiger partial charge is 0.491 e. The van der Waals surface area contributed by atoms with Gasteiger partial charge in [0.05, 0.1) is 12.5 Å². The van der Waals surface area contributed by atoms with Crippen molar-refractivity contribution in [2.45, 2.75) is 65.2 Å². The van der Waals surface area contributed by atoms with Crippen molar-refractivity contribution in [2.75, 3.05) is 6.61 Å². The molecule has 5 heteroatoms. The van der Waals surface area contributed by atoms with Gasteiger partial charge in [-0.2, -0.15) is 8.78 Å². The van der Waals surface area contributed by atoms with Gasteiger partial charge in [-0.3, -0.25) is 4.79 Å². The summed E-state index contributed by atoms with van der Waals surface area (Å²) in [6.07, 6.45) is 8.84. The molecule has 0 aromatic heterocycles. The number of carbonyl (C=O) groups is 1. The molecule has 150 valence electrons. The van der Waals surface area contributed by atoms with E-state index in [9.17, 15) is 13.6 Å². The molecule has 0 saturated heterocycles. The third kappa shape index (κ3) is 4.80. The summed E-state index contributed by atoms with van der Waals surface area (Å²) in [6.45, 7) is 4.25. The maximum Gasteiger partial charge on any atom is 0.314 e. The zero-order chi connectivity index (χ0) is 19.4. The fourth-order valence-corrected chi connectivity index (χ4v) is 4.64. The maximum absolute atomic E-state index is 14.1. The molecule has 0 heterocycles. The van der Waals surface area contributed by atoms with Crippen LogP contribution in [0.3, 0.4) is 0 Å². The first-order valence-electron chi connectivity index (χ1n) is 10.3. The van der Waals surface area contributed by atoms with Crippen molar-refractivity contribution in [3.63, 3.8) is 0 Å². The third-order valence-electron chi connectivity index (χ3n) is 6.35. The SMILES string of the molecule is CCOc1ccc(OC(=O)C2CCC(C3CCC(C)CC3)CC2)c(F)c1F. The number of rotatable bonds is 5. The molecule has 3 nitrogen and oxygen atoms in total. The fourth-order valence-electron chi connectivity index (χ4n) is 4.64. The fraction of sp³-hybridized carbons (Fsp3) is 0.682. The van der Waals surface area contributed by atoms with Gasteiger partial charge in [-0.15, -0.1) is 0 Å². The molecule has 0 atom stereocenters. The Morgan fingerprint density at radius 3 is 2.04 bits per heavy atom. The minimum atomic E-state index is -1.17. The van der Waals surface area contributed by atoms with Gasteiger partial charge < -0.3 is 9.47 Å². The minimum absolute atomic E-state index is 0.169. The topological polar surface area (TPSA) is 35.5 Å². The average molecular weight is 380 g/mol. The Hall–Kier alpha value is -1.65. The van der Waals surface area contributed by atoms with Crippen LogP contribution in [0.25, 0.3) is 0 Å². The molecule has 2 saturated carbocycles. The predicted octanol–water partition coefficient (Wildman–Crippen LogP) is 5.90. The van der Waals surface area contributed by atoms with E-state index in [1.807, 2.05) is 0 Å². The highest BCUT2D eigenvalue weighted by atomic mass is 19.2. The zero-order valence-electron chi connectivity index (χ0n) is 16.3. The van der Waals surface area contributed by atoms with Gasteiger partial charge in [0.25, 0.3) is 0 Å². The van der Waals surface area contributed by atoms with Crippen LogP contribution in [-0.2, 0) is 4.79 Å². The highest BCUT2D eigenvalue weighted by molar-refractivity contribution is 5.75. The first-order valence-corrected chi connectivity index (χ1v) is 10.3. The van der Waals surface area contributed by atoms with Gasteiger partial charge in [0.1, 0.15) is 0 Å². The van der Waals surface area contributed by atoms with Gasteiger partial charge in [0, 0.05) is 0 Å². The molecular formula is C22H30F2O3. The molecule has 2 aliphatic rings. The van der Waals surface area contributed by atoms with Crippen LogP contribution in [-0.4, -0.2) is 12.6 Å². The van der Waals surface area contributed by atoms with Crippen molar-refractivity contribution in [1.29, 1.82) is 0 Å². The molecule has 27 heavy (non-hydrogen) atoms. The Morgan fingerprint density at radius 2 is 1.44 bits per heavy atom. The molecule has 1 aromatic carbocycles. The zero-order valence-corrected chi connectivity index (χ0v) is 16.3.